The van der Waals surface area contributed by atoms with Crippen molar-refractivity contribution in [3.8, 4) is 0 Å². The number of nitrogens with two attached hydrogens (primary N) is 1. The third kappa shape index (κ3) is 5.34. The molecule has 0 atom stereocenters. The minimum absolute atomic E-state index is 0.289. The van der Waals surface area contributed by atoms with Gasteiger partial charge in [0.2, 0.25) is 0 Å². The van der Waals surface area contributed by atoms with Crippen LogP contribution < -0.4 is 5.73 Å². The average Bonchev–Trinajstić information content (AvgIpc) is 2.53. The van der Waals surface area contributed by atoms with Gasteiger partial charge in [-0.25, -0.2) is 4.79 Å². The first-order valence-corrected chi connectivity index (χ1v) is 8.34. The lowest BCUT2D eigenvalue weighted by molar-refractivity contribution is 0.100. The molecule has 0 radical (unpaired) electrons. The van der Waals surface area contributed by atoms with E-state index in [9.17, 15) is 4.79 Å². The summed E-state index contributed by atoms with van der Waals surface area (Å²) in [4.78, 5) is 13.5. The van der Waals surface area contributed by atoms with Gasteiger partial charge in [0.15, 0.2) is 0 Å². The van der Waals surface area contributed by atoms with Crippen LogP contribution in [0.2, 0.25) is 0 Å². The van der Waals surface area contributed by atoms with Crippen molar-refractivity contribution in [1.82, 2.24) is 4.90 Å². The van der Waals surface area contributed by atoms with E-state index >= 15 is 0 Å². The highest BCUT2D eigenvalue weighted by Crippen LogP contribution is 2.27. The van der Waals surface area contributed by atoms with Crippen LogP contribution in [-0.2, 0) is 11.3 Å². The quantitative estimate of drug-likeness (QED) is 0.783. The van der Waals surface area contributed by atoms with Crippen LogP contribution in [0.15, 0.2) is 30.3 Å². The first kappa shape index (κ1) is 16.8. The number of hydrogen-bond donors (Lipinski definition) is 1. The summed E-state index contributed by atoms with van der Waals surface area (Å²) in [5.74, 6) is 0.778. The molecule has 1 aliphatic carbocycles. The van der Waals surface area contributed by atoms with Gasteiger partial charge >= 0.3 is 6.03 Å². The standard InChI is InChI=1S/C18H28N2O2/c1-15-8-10-17(11-9-15)20(18(19)21)12-5-13-22-14-16-6-3-2-4-7-16/h2-4,6-7,15,17H,5,8-14H2,1H3,(H2,19,21). The van der Waals surface area contributed by atoms with Gasteiger partial charge in [-0.1, -0.05) is 37.3 Å². The second-order valence-electron chi connectivity index (χ2n) is 6.34. The number of amides is 2. The highest BCUT2D eigenvalue weighted by atomic mass is 16.5. The molecule has 0 aromatic heterocycles. The Morgan fingerprint density at radius 1 is 1.23 bits per heavy atom. The second-order valence-corrected chi connectivity index (χ2v) is 6.34. The molecule has 0 spiro atoms. The summed E-state index contributed by atoms with van der Waals surface area (Å²) in [6.45, 7) is 4.26. The maximum atomic E-state index is 11.7. The van der Waals surface area contributed by atoms with Crippen molar-refractivity contribution in [2.24, 2.45) is 11.7 Å². The van der Waals surface area contributed by atoms with E-state index < -0.39 is 0 Å². The maximum Gasteiger partial charge on any atom is 0.315 e. The van der Waals surface area contributed by atoms with Gasteiger partial charge in [0.1, 0.15) is 0 Å². The maximum absolute atomic E-state index is 11.7. The fraction of sp³-hybridized carbons (Fsp3) is 0.611. The largest absolute Gasteiger partial charge is 0.377 e. The zero-order valence-corrected chi connectivity index (χ0v) is 13.5. The first-order valence-electron chi connectivity index (χ1n) is 8.34. The van der Waals surface area contributed by atoms with Gasteiger partial charge in [0.05, 0.1) is 6.61 Å². The third-order valence-corrected chi connectivity index (χ3v) is 4.51. The smallest absolute Gasteiger partial charge is 0.315 e. The van der Waals surface area contributed by atoms with E-state index in [0.29, 0.717) is 25.8 Å². The topological polar surface area (TPSA) is 55.6 Å². The molecule has 22 heavy (non-hydrogen) atoms. The Morgan fingerprint density at radius 3 is 2.55 bits per heavy atom. The van der Waals surface area contributed by atoms with Crippen LogP contribution in [0.25, 0.3) is 0 Å². The molecule has 0 aliphatic heterocycles. The zero-order valence-electron chi connectivity index (χ0n) is 13.5. The van der Waals surface area contributed by atoms with Crippen molar-refractivity contribution in [2.45, 2.75) is 51.7 Å². The molecule has 0 unspecified atom stereocenters. The Balaban J connectivity index is 1.67. The van der Waals surface area contributed by atoms with Crippen molar-refractivity contribution in [3.63, 3.8) is 0 Å². The fourth-order valence-electron chi connectivity index (χ4n) is 3.13. The van der Waals surface area contributed by atoms with Crippen LogP contribution in [0.5, 0.6) is 0 Å². The van der Waals surface area contributed by atoms with Gasteiger partial charge in [-0.05, 0) is 43.6 Å². The number of nitrogens with zero attached hydrogens (tertiary/aromatic N) is 1. The molecule has 1 saturated carbocycles. The summed E-state index contributed by atoms with van der Waals surface area (Å²) in [6, 6.07) is 10.2. The van der Waals surface area contributed by atoms with Crippen LogP contribution in [-0.4, -0.2) is 30.1 Å². The van der Waals surface area contributed by atoms with Crippen molar-refractivity contribution < 1.29 is 9.53 Å². The minimum Gasteiger partial charge on any atom is -0.377 e. The molecule has 1 aromatic rings. The highest BCUT2D eigenvalue weighted by Gasteiger charge is 2.25. The zero-order chi connectivity index (χ0) is 15.8. The molecule has 1 aromatic carbocycles. The molecular weight excluding hydrogens is 276 g/mol. The highest BCUT2D eigenvalue weighted by molar-refractivity contribution is 5.72. The molecule has 1 fully saturated rings. The normalized spacial score (nSPS) is 21.5. The third-order valence-electron chi connectivity index (χ3n) is 4.51. The lowest BCUT2D eigenvalue weighted by atomic mass is 9.86. The lowest BCUT2D eigenvalue weighted by Crippen LogP contribution is -2.45. The summed E-state index contributed by atoms with van der Waals surface area (Å²) < 4.78 is 5.68. The molecule has 2 amide bonds. The summed E-state index contributed by atoms with van der Waals surface area (Å²) in [5, 5.41) is 0. The lowest BCUT2D eigenvalue weighted by Gasteiger charge is -2.35. The van der Waals surface area contributed by atoms with Crippen LogP contribution in [0.1, 0.15) is 44.6 Å². The molecule has 0 saturated heterocycles. The van der Waals surface area contributed by atoms with Crippen molar-refractivity contribution in [3.05, 3.63) is 35.9 Å². The average molecular weight is 304 g/mol. The van der Waals surface area contributed by atoms with Gasteiger partial charge in [-0.3, -0.25) is 0 Å². The number of hydrogen-bond acceptors (Lipinski definition) is 2. The van der Waals surface area contributed by atoms with Gasteiger partial charge in [-0.15, -0.1) is 0 Å². The molecule has 0 heterocycles. The fourth-order valence-corrected chi connectivity index (χ4v) is 3.13. The summed E-state index contributed by atoms with van der Waals surface area (Å²) in [7, 11) is 0. The number of carbonyl (C=O) groups excluding carboxylic acids is 1. The van der Waals surface area contributed by atoms with Crippen molar-refractivity contribution in [1.29, 1.82) is 0 Å². The number of urea groups is 1. The van der Waals surface area contributed by atoms with E-state index in [2.05, 4.69) is 19.1 Å². The van der Waals surface area contributed by atoms with Crippen LogP contribution >= 0.6 is 0 Å². The van der Waals surface area contributed by atoms with Crippen LogP contribution in [0, 0.1) is 5.92 Å². The van der Waals surface area contributed by atoms with Crippen LogP contribution in [0.4, 0.5) is 4.79 Å². The van der Waals surface area contributed by atoms with Crippen molar-refractivity contribution >= 4 is 6.03 Å². The summed E-state index contributed by atoms with van der Waals surface area (Å²) in [5.41, 5.74) is 6.73. The summed E-state index contributed by atoms with van der Waals surface area (Å²) in [6.07, 6.45) is 5.38. The van der Waals surface area contributed by atoms with Crippen LogP contribution in [0.3, 0.4) is 0 Å². The van der Waals surface area contributed by atoms with E-state index in [1.165, 1.54) is 18.4 Å². The SMILES string of the molecule is CC1CCC(N(CCCOCc2ccccc2)C(N)=O)CC1. The monoisotopic (exact) mass is 304 g/mol. The molecule has 122 valence electrons. The Bertz CT molecular complexity index is 442. The molecule has 4 heteroatoms. The van der Waals surface area contributed by atoms with Crippen molar-refractivity contribution in [2.75, 3.05) is 13.2 Å². The van der Waals surface area contributed by atoms with Gasteiger partial charge in [-0.2, -0.15) is 0 Å². The predicted octanol–water partition coefficient (Wildman–Crippen LogP) is 3.55. The number of rotatable bonds is 7. The van der Waals surface area contributed by atoms with E-state index in [1.54, 1.807) is 0 Å². The van der Waals surface area contributed by atoms with E-state index in [1.807, 2.05) is 23.1 Å². The van der Waals surface area contributed by atoms with Gasteiger partial charge < -0.3 is 15.4 Å². The second kappa shape index (κ2) is 8.79. The summed E-state index contributed by atoms with van der Waals surface area (Å²) >= 11 is 0. The molecule has 1 aliphatic rings. The Labute approximate surface area is 133 Å². The van der Waals surface area contributed by atoms with E-state index in [0.717, 1.165) is 25.2 Å². The van der Waals surface area contributed by atoms with E-state index in [-0.39, 0.29) is 6.03 Å². The first-order chi connectivity index (χ1) is 10.7. The predicted molar refractivity (Wildman–Crippen MR) is 88.4 cm³/mol. The van der Waals surface area contributed by atoms with Gasteiger partial charge in [0.25, 0.3) is 0 Å². The van der Waals surface area contributed by atoms with E-state index in [4.69, 9.17) is 10.5 Å². The molecule has 2 rings (SSSR count). The number of carbonyl (C=O) groups is 1. The Hall–Kier alpha value is -1.55. The Morgan fingerprint density at radius 2 is 1.91 bits per heavy atom. The molecular formula is C18H28N2O2. The number of primary amides is 1. The van der Waals surface area contributed by atoms with Gasteiger partial charge in [0, 0.05) is 19.2 Å². The molecule has 2 N–H and O–H groups in total. The molecule has 0 bridgehead atoms. The number of benzene rings is 1. The minimum atomic E-state index is -0.289. The molecule has 4 nitrogen and oxygen atoms in total. The number of ether oxygens (including phenoxy) is 1. The Kier molecular flexibility index (Phi) is 6.72.